The summed E-state index contributed by atoms with van der Waals surface area (Å²) >= 11 is 0. The molecular formula is C21H26N10O4S. The first-order valence-corrected chi connectivity index (χ1v) is 12.3. The van der Waals surface area contributed by atoms with Crippen LogP contribution in [0.2, 0.25) is 0 Å². The Morgan fingerprint density at radius 2 is 1.67 bits per heavy atom. The minimum atomic E-state index is -3.82. The fraction of sp³-hybridized carbons (Fsp3) is 0.238. The number of primary sulfonamides is 1. The number of aromatic nitrogens is 3. The standard InChI is InChI=1S/C21H26N10O4S/c1-4-23-19-25-20(24-5-2)27-21(26-19)31-30-18(13-6-11-16(32)17(12-13)35-3)29-28-14-7-9-15(10-8-14)36(22,33)34/h6-12,28,32H,4-5H2,1-3H3,(H2,22,33,34)(H2,23,24,25,26,27)/b29-18-,31-30?. The molecule has 2 aromatic carbocycles. The second kappa shape index (κ2) is 11.9. The van der Waals surface area contributed by atoms with E-state index in [1.54, 1.807) is 6.07 Å². The first-order valence-electron chi connectivity index (χ1n) is 10.7. The van der Waals surface area contributed by atoms with Gasteiger partial charge in [0, 0.05) is 18.7 Å². The van der Waals surface area contributed by atoms with Crippen molar-refractivity contribution in [3.63, 3.8) is 0 Å². The van der Waals surface area contributed by atoms with Gasteiger partial charge in [-0.1, -0.05) is 0 Å². The molecule has 0 saturated heterocycles. The molecule has 0 aliphatic rings. The van der Waals surface area contributed by atoms with E-state index in [4.69, 9.17) is 9.88 Å². The lowest BCUT2D eigenvalue weighted by Crippen LogP contribution is -2.11. The lowest BCUT2D eigenvalue weighted by molar-refractivity contribution is 0.373. The quantitative estimate of drug-likeness (QED) is 0.116. The van der Waals surface area contributed by atoms with Crippen molar-refractivity contribution in [3.05, 3.63) is 48.0 Å². The fourth-order valence-corrected chi connectivity index (χ4v) is 3.29. The zero-order valence-corrected chi connectivity index (χ0v) is 20.6. The van der Waals surface area contributed by atoms with Gasteiger partial charge in [0.2, 0.25) is 27.8 Å². The molecule has 0 saturated carbocycles. The average Bonchev–Trinajstić information content (AvgIpc) is 2.84. The number of hydrogen-bond donors (Lipinski definition) is 5. The largest absolute Gasteiger partial charge is 0.504 e. The predicted molar refractivity (Wildman–Crippen MR) is 135 cm³/mol. The highest BCUT2D eigenvalue weighted by Gasteiger charge is 2.11. The molecule has 190 valence electrons. The van der Waals surface area contributed by atoms with Gasteiger partial charge in [-0.3, -0.25) is 5.43 Å². The molecule has 0 spiro atoms. The molecule has 1 heterocycles. The van der Waals surface area contributed by atoms with Gasteiger partial charge in [-0.2, -0.15) is 20.1 Å². The molecule has 1 aromatic heterocycles. The van der Waals surface area contributed by atoms with Crippen LogP contribution in [0.4, 0.5) is 23.5 Å². The van der Waals surface area contributed by atoms with E-state index in [0.717, 1.165) is 0 Å². The lowest BCUT2D eigenvalue weighted by atomic mass is 10.2. The number of nitrogens with one attached hydrogen (secondary N) is 3. The maximum atomic E-state index is 11.5. The van der Waals surface area contributed by atoms with Crippen LogP contribution >= 0.6 is 0 Å². The number of phenolic OH excluding ortho intramolecular Hbond substituents is 1. The molecule has 0 atom stereocenters. The highest BCUT2D eigenvalue weighted by molar-refractivity contribution is 7.89. The van der Waals surface area contributed by atoms with Gasteiger partial charge in [-0.25, -0.2) is 13.6 Å². The number of sulfonamides is 1. The number of benzene rings is 2. The van der Waals surface area contributed by atoms with Gasteiger partial charge in [0.1, 0.15) is 0 Å². The number of rotatable bonds is 10. The van der Waals surface area contributed by atoms with Crippen LogP contribution in [0.5, 0.6) is 11.5 Å². The van der Waals surface area contributed by atoms with Crippen molar-refractivity contribution < 1.29 is 18.3 Å². The smallest absolute Gasteiger partial charge is 0.275 e. The Morgan fingerprint density at radius 1 is 1.03 bits per heavy atom. The van der Waals surface area contributed by atoms with E-state index in [0.29, 0.717) is 36.2 Å². The Bertz CT molecular complexity index is 1340. The number of azo groups is 1. The van der Waals surface area contributed by atoms with Crippen molar-refractivity contribution in [1.82, 2.24) is 15.0 Å². The van der Waals surface area contributed by atoms with E-state index in [1.165, 1.54) is 43.5 Å². The van der Waals surface area contributed by atoms with Crippen LogP contribution in [0.3, 0.4) is 0 Å². The molecule has 0 unspecified atom stereocenters. The molecule has 0 aliphatic carbocycles. The molecule has 6 N–H and O–H groups in total. The van der Waals surface area contributed by atoms with Gasteiger partial charge < -0.3 is 20.5 Å². The van der Waals surface area contributed by atoms with Crippen molar-refractivity contribution in [2.45, 2.75) is 18.7 Å². The molecule has 0 amide bonds. The highest BCUT2D eigenvalue weighted by Crippen LogP contribution is 2.27. The highest BCUT2D eigenvalue weighted by atomic mass is 32.2. The van der Waals surface area contributed by atoms with E-state index >= 15 is 0 Å². The normalized spacial score (nSPS) is 11.9. The maximum Gasteiger partial charge on any atom is 0.275 e. The predicted octanol–water partition coefficient (Wildman–Crippen LogP) is 2.65. The van der Waals surface area contributed by atoms with E-state index in [1.807, 2.05) is 13.8 Å². The molecular weight excluding hydrogens is 488 g/mol. The molecule has 14 nitrogen and oxygen atoms in total. The van der Waals surface area contributed by atoms with E-state index < -0.39 is 10.0 Å². The Balaban J connectivity index is 1.98. The van der Waals surface area contributed by atoms with E-state index in [-0.39, 0.29) is 28.2 Å². The van der Waals surface area contributed by atoms with Crippen molar-refractivity contribution in [1.29, 1.82) is 0 Å². The zero-order chi connectivity index (χ0) is 26.1. The molecule has 0 bridgehead atoms. The number of phenols is 1. The van der Waals surface area contributed by atoms with Crippen LogP contribution in [-0.2, 0) is 10.0 Å². The second-order valence-electron chi connectivity index (χ2n) is 7.05. The number of anilines is 3. The fourth-order valence-electron chi connectivity index (χ4n) is 2.77. The molecule has 0 radical (unpaired) electrons. The summed E-state index contributed by atoms with van der Waals surface area (Å²) in [6, 6.07) is 10.2. The molecule has 36 heavy (non-hydrogen) atoms. The van der Waals surface area contributed by atoms with Crippen molar-refractivity contribution >= 4 is 39.4 Å². The lowest BCUT2D eigenvalue weighted by Gasteiger charge is -2.08. The summed E-state index contributed by atoms with van der Waals surface area (Å²) in [4.78, 5) is 12.7. The number of hydrogen-bond acceptors (Lipinski definition) is 12. The van der Waals surface area contributed by atoms with Crippen LogP contribution in [0.1, 0.15) is 19.4 Å². The van der Waals surface area contributed by atoms with Gasteiger partial charge in [-0.15, -0.1) is 10.2 Å². The third kappa shape index (κ3) is 7.07. The monoisotopic (exact) mass is 514 g/mol. The first kappa shape index (κ1) is 26.2. The van der Waals surface area contributed by atoms with Crippen LogP contribution < -0.4 is 25.9 Å². The number of nitrogens with two attached hydrogens (primary N) is 1. The third-order valence-electron chi connectivity index (χ3n) is 4.44. The molecule has 0 fully saturated rings. The Morgan fingerprint density at radius 3 is 2.22 bits per heavy atom. The number of amidine groups is 1. The minimum Gasteiger partial charge on any atom is -0.504 e. The third-order valence-corrected chi connectivity index (χ3v) is 5.37. The van der Waals surface area contributed by atoms with E-state index in [9.17, 15) is 13.5 Å². The Labute approximate surface area is 207 Å². The topological polar surface area (TPSA) is 201 Å². The Kier molecular flexibility index (Phi) is 8.64. The molecule has 3 rings (SSSR count). The van der Waals surface area contributed by atoms with Crippen LogP contribution in [0, 0.1) is 0 Å². The number of ether oxygens (including phenoxy) is 1. The molecule has 15 heteroatoms. The minimum absolute atomic E-state index is 0.0350. The summed E-state index contributed by atoms with van der Waals surface area (Å²) in [5, 5.41) is 33.7. The van der Waals surface area contributed by atoms with Gasteiger partial charge in [0.05, 0.1) is 17.7 Å². The van der Waals surface area contributed by atoms with Crippen molar-refractivity contribution in [2.75, 3.05) is 36.3 Å². The maximum absolute atomic E-state index is 11.5. The van der Waals surface area contributed by atoms with Gasteiger partial charge in [0.15, 0.2) is 11.5 Å². The van der Waals surface area contributed by atoms with Gasteiger partial charge in [-0.05, 0) is 56.3 Å². The van der Waals surface area contributed by atoms with Gasteiger partial charge in [0.25, 0.3) is 5.95 Å². The number of nitrogens with zero attached hydrogens (tertiary/aromatic N) is 6. The second-order valence-corrected chi connectivity index (χ2v) is 8.61. The SMILES string of the molecule is CCNc1nc(N=N/C(=N\Nc2ccc(S(N)(=O)=O)cc2)c2ccc(O)c(OC)c2)nc(NCC)n1. The van der Waals surface area contributed by atoms with Crippen LogP contribution in [-0.4, -0.2) is 54.5 Å². The van der Waals surface area contributed by atoms with Gasteiger partial charge >= 0.3 is 0 Å². The Hall–Kier alpha value is -4.37. The number of hydrazone groups is 1. The summed E-state index contributed by atoms with van der Waals surface area (Å²) in [6.07, 6.45) is 0. The molecule has 0 aliphatic heterocycles. The number of methoxy groups -OCH3 is 1. The summed E-state index contributed by atoms with van der Waals surface area (Å²) in [7, 11) is -2.41. The van der Waals surface area contributed by atoms with E-state index in [2.05, 4.69) is 46.3 Å². The molecule has 3 aromatic rings. The van der Waals surface area contributed by atoms with Crippen molar-refractivity contribution in [2.24, 2.45) is 20.5 Å². The summed E-state index contributed by atoms with van der Waals surface area (Å²) in [6.45, 7) is 5.00. The summed E-state index contributed by atoms with van der Waals surface area (Å²) in [5.41, 5.74) is 3.71. The summed E-state index contributed by atoms with van der Waals surface area (Å²) in [5.74, 6) is 0.932. The average molecular weight is 515 g/mol. The van der Waals surface area contributed by atoms with Crippen LogP contribution in [0.15, 0.2) is 62.7 Å². The first-order chi connectivity index (χ1) is 17.2. The zero-order valence-electron chi connectivity index (χ0n) is 19.8. The number of aromatic hydroxyl groups is 1. The summed E-state index contributed by atoms with van der Waals surface area (Å²) < 4.78 is 28.1. The van der Waals surface area contributed by atoms with Crippen LogP contribution in [0.25, 0.3) is 0 Å². The van der Waals surface area contributed by atoms with Crippen molar-refractivity contribution in [3.8, 4) is 11.5 Å².